The highest BCUT2D eigenvalue weighted by Crippen LogP contribution is 2.29. The van der Waals surface area contributed by atoms with Crippen molar-refractivity contribution in [3.63, 3.8) is 0 Å². The van der Waals surface area contributed by atoms with E-state index in [1.165, 1.54) is 140 Å². The molecule has 3 atom stereocenters. The Bertz CT molecular complexity index is 2510. The Morgan fingerprint density at radius 3 is 1.01 bits per heavy atom. The monoisotopic (exact) mass is 1250 g/mol. The molecule has 0 saturated carbocycles. The molecule has 0 bridgehead atoms. The Labute approximate surface area is 536 Å². The molecule has 3 aromatic rings. The first-order valence-electron chi connectivity index (χ1n) is 33.5. The lowest BCUT2D eigenvalue weighted by Gasteiger charge is -2.40. The Hall–Kier alpha value is -5.71. The molecular weight excluding hydrogens is 1140 g/mol. The van der Waals surface area contributed by atoms with E-state index in [0.29, 0.717) is 55.0 Å². The number of esters is 4. The fourth-order valence-electron chi connectivity index (χ4n) is 12.4. The first-order valence-corrected chi connectivity index (χ1v) is 33.5. The largest absolute Gasteiger partial charge is 0.465 e. The fourth-order valence-corrected chi connectivity index (χ4v) is 12.4. The summed E-state index contributed by atoms with van der Waals surface area (Å²) in [4.78, 5) is 72.0. The number of carbonyl (C=O) groups is 5. The molecule has 19 heteroatoms. The maximum atomic E-state index is 12.2. The van der Waals surface area contributed by atoms with Crippen molar-refractivity contribution in [1.82, 2.24) is 29.4 Å². The molecule has 3 unspecified atom stereocenters. The van der Waals surface area contributed by atoms with E-state index in [9.17, 15) is 24.0 Å². The number of nitrogens with zero attached hydrogens (tertiary/aromatic N) is 6. The molecule has 90 heavy (non-hydrogen) atoms. The van der Waals surface area contributed by atoms with E-state index in [1.54, 1.807) is 0 Å². The number of benzene rings is 3. The molecule has 6 aliphatic rings. The third kappa shape index (κ3) is 27.6. The number of hydrogen-bond donors (Lipinski definition) is 4. The molecule has 0 amide bonds. The molecule has 0 radical (unpaired) electrons. The Balaban J connectivity index is 0.000000224. The van der Waals surface area contributed by atoms with Crippen molar-refractivity contribution in [3.8, 4) is 0 Å². The molecule has 3 aromatic carbocycles. The molecule has 6 fully saturated rings. The summed E-state index contributed by atoms with van der Waals surface area (Å²) < 4.78 is 20.4. The third-order valence-electron chi connectivity index (χ3n) is 17.3. The number of fused-ring (bicyclic) bond motifs is 3. The Kier molecular flexibility index (Phi) is 37.3. The molecule has 500 valence electrons. The SMILES string of the molecule is C=CC(=O)CO.C=CC(=O)OCCCCCCOC(=O)c1ccc(CN2CCCN3CCCC32)cc1.COC(=O)c1ccc(CN2CCCN3CCCC32)cc1.O=C(OCCCCCCO)c1ccc(CN2CCCN3CCCC32)cc1.OCCCCCCO. The standard InChI is InChI=1S/C24H34N2O4.C21H32N2O3.C16H22N2O2.C6H14O2.C4H6O2/c1-2-23(27)29-17-5-3-4-6-18-30-24(28)21-12-10-20(11-13-21)19-26-16-8-15-25-14-7-9-22(25)26;24-15-3-1-2-4-16-26-21(25)19-10-8-18(9-11-19)17-23-14-6-13-22-12-5-7-20(22)23;1-20-16(19)14-7-5-13(6-8-14)12-18-11-3-10-17-9-2-4-15(17)18;7-5-3-1-2-4-6-8;1-2-4(6)3-5/h2,10-13,22H,1,3-9,14-19H2;8-11,20,24H,1-7,12-17H2;5-8,15H,2-4,9-12H2,1H3;7-8H,1-6H2;2,5H,1,3H2. The van der Waals surface area contributed by atoms with Crippen LogP contribution in [0.2, 0.25) is 0 Å². The second-order valence-electron chi connectivity index (χ2n) is 23.9. The van der Waals surface area contributed by atoms with Crippen molar-refractivity contribution in [2.24, 2.45) is 0 Å². The molecule has 0 spiro atoms. The van der Waals surface area contributed by atoms with Gasteiger partial charge in [0.05, 0.1) is 62.1 Å². The molecule has 9 rings (SSSR count). The van der Waals surface area contributed by atoms with Gasteiger partial charge >= 0.3 is 23.9 Å². The average molecular weight is 1250 g/mol. The van der Waals surface area contributed by atoms with E-state index in [-0.39, 0.29) is 49.5 Å². The topological polar surface area (TPSA) is 223 Å². The van der Waals surface area contributed by atoms with Crippen LogP contribution in [0, 0.1) is 0 Å². The minimum absolute atomic E-state index is 0.237. The van der Waals surface area contributed by atoms with Crippen LogP contribution in [0.4, 0.5) is 0 Å². The van der Waals surface area contributed by atoms with Crippen LogP contribution in [0.15, 0.2) is 98.1 Å². The number of methoxy groups -OCH3 is 1. The minimum atomic E-state index is -0.427. The molecular formula is C71H108N6O13. The Morgan fingerprint density at radius 2 is 0.722 bits per heavy atom. The van der Waals surface area contributed by atoms with Crippen molar-refractivity contribution in [2.45, 2.75) is 173 Å². The van der Waals surface area contributed by atoms with Gasteiger partial charge in [-0.2, -0.15) is 0 Å². The first kappa shape index (κ1) is 75.0. The molecule has 6 saturated heterocycles. The number of ether oxygens (including phenoxy) is 4. The first-order chi connectivity index (χ1) is 43.9. The normalized spacial score (nSPS) is 19.1. The van der Waals surface area contributed by atoms with Gasteiger partial charge in [-0.05, 0) is 194 Å². The second-order valence-corrected chi connectivity index (χ2v) is 23.9. The predicted molar refractivity (Wildman–Crippen MR) is 350 cm³/mol. The number of ketones is 1. The van der Waals surface area contributed by atoms with Gasteiger partial charge < -0.3 is 39.4 Å². The van der Waals surface area contributed by atoms with Crippen LogP contribution in [0.5, 0.6) is 0 Å². The van der Waals surface area contributed by atoms with Crippen LogP contribution in [0.25, 0.3) is 0 Å². The molecule has 6 heterocycles. The summed E-state index contributed by atoms with van der Waals surface area (Å²) in [6, 6.07) is 23.6. The average Bonchev–Trinajstić information content (AvgIpc) is 2.04. The summed E-state index contributed by atoms with van der Waals surface area (Å²) in [5.41, 5.74) is 5.64. The van der Waals surface area contributed by atoms with Gasteiger partial charge in [0.1, 0.15) is 6.61 Å². The van der Waals surface area contributed by atoms with Crippen molar-refractivity contribution >= 4 is 29.7 Å². The molecule has 19 nitrogen and oxygen atoms in total. The van der Waals surface area contributed by atoms with Crippen LogP contribution >= 0.6 is 0 Å². The third-order valence-corrected chi connectivity index (χ3v) is 17.3. The van der Waals surface area contributed by atoms with Crippen molar-refractivity contribution < 1.29 is 63.3 Å². The summed E-state index contributed by atoms with van der Waals surface area (Å²) in [5.74, 6) is -1.49. The number of aliphatic hydroxyl groups is 4. The smallest absolute Gasteiger partial charge is 0.338 e. The summed E-state index contributed by atoms with van der Waals surface area (Å²) in [7, 11) is 1.42. The van der Waals surface area contributed by atoms with Gasteiger partial charge in [-0.15, -0.1) is 0 Å². The van der Waals surface area contributed by atoms with E-state index in [0.717, 1.165) is 109 Å². The van der Waals surface area contributed by atoms with Gasteiger partial charge in [0.2, 0.25) is 0 Å². The maximum absolute atomic E-state index is 12.2. The molecule has 4 N–H and O–H groups in total. The van der Waals surface area contributed by atoms with Gasteiger partial charge in [-0.25, -0.2) is 19.2 Å². The highest BCUT2D eigenvalue weighted by molar-refractivity contribution is 5.90. The zero-order chi connectivity index (χ0) is 64.6. The summed E-state index contributed by atoms with van der Waals surface area (Å²) in [6.45, 7) is 22.0. The van der Waals surface area contributed by atoms with E-state index in [1.807, 2.05) is 48.5 Å². The van der Waals surface area contributed by atoms with Gasteiger partial charge in [0, 0.05) is 84.8 Å². The van der Waals surface area contributed by atoms with Gasteiger partial charge in [0.15, 0.2) is 5.78 Å². The number of rotatable bonds is 30. The zero-order valence-corrected chi connectivity index (χ0v) is 54.2. The van der Waals surface area contributed by atoms with E-state index in [4.69, 9.17) is 39.4 Å². The fraction of sp³-hybridized carbons (Fsp3) is 0.620. The molecule has 6 aliphatic heterocycles. The lowest BCUT2D eigenvalue weighted by Crippen LogP contribution is -2.49. The highest BCUT2D eigenvalue weighted by Gasteiger charge is 2.35. The van der Waals surface area contributed by atoms with Crippen molar-refractivity contribution in [1.29, 1.82) is 0 Å². The minimum Gasteiger partial charge on any atom is -0.465 e. The van der Waals surface area contributed by atoms with Crippen LogP contribution in [0.3, 0.4) is 0 Å². The number of hydrogen-bond acceptors (Lipinski definition) is 19. The lowest BCUT2D eigenvalue weighted by atomic mass is 10.1. The Morgan fingerprint density at radius 1 is 0.411 bits per heavy atom. The highest BCUT2D eigenvalue weighted by atomic mass is 16.5. The lowest BCUT2D eigenvalue weighted by molar-refractivity contribution is -0.137. The molecule has 0 aromatic heterocycles. The predicted octanol–water partition coefficient (Wildman–Crippen LogP) is 9.15. The van der Waals surface area contributed by atoms with E-state index in [2.05, 4.69) is 66.8 Å². The quantitative estimate of drug-likeness (QED) is 0.0211. The summed E-state index contributed by atoms with van der Waals surface area (Å²) in [5, 5.41) is 33.3. The summed E-state index contributed by atoms with van der Waals surface area (Å²) in [6.07, 6.45) is 26.6. The van der Waals surface area contributed by atoms with Crippen LogP contribution in [0.1, 0.15) is 183 Å². The van der Waals surface area contributed by atoms with Gasteiger partial charge in [0.25, 0.3) is 0 Å². The zero-order valence-electron chi connectivity index (χ0n) is 54.2. The van der Waals surface area contributed by atoms with Crippen molar-refractivity contribution in [2.75, 3.05) is 112 Å². The second kappa shape index (κ2) is 44.7. The van der Waals surface area contributed by atoms with Gasteiger partial charge in [-0.1, -0.05) is 68.8 Å². The van der Waals surface area contributed by atoms with E-state index < -0.39 is 6.61 Å². The number of carbonyl (C=O) groups excluding carboxylic acids is 5. The van der Waals surface area contributed by atoms with Crippen LogP contribution < -0.4 is 0 Å². The number of aliphatic hydroxyl groups excluding tert-OH is 4. The number of unbranched alkanes of at least 4 members (excludes halogenated alkanes) is 9. The van der Waals surface area contributed by atoms with Crippen LogP contribution in [-0.4, -0.2) is 210 Å². The maximum Gasteiger partial charge on any atom is 0.338 e. The summed E-state index contributed by atoms with van der Waals surface area (Å²) >= 11 is 0. The molecule has 0 aliphatic carbocycles. The van der Waals surface area contributed by atoms with E-state index >= 15 is 0 Å². The van der Waals surface area contributed by atoms with Gasteiger partial charge in [-0.3, -0.25) is 34.2 Å². The van der Waals surface area contributed by atoms with Crippen LogP contribution in [-0.2, 0) is 48.2 Å². The van der Waals surface area contributed by atoms with Crippen molar-refractivity contribution in [3.05, 3.63) is 131 Å².